The number of carbonyl (C=O) groups is 2. The molecule has 1 saturated carbocycles. The van der Waals surface area contributed by atoms with Crippen molar-refractivity contribution in [2.24, 2.45) is 5.92 Å². The number of phenols is 1. The van der Waals surface area contributed by atoms with Crippen molar-refractivity contribution in [3.8, 4) is 39.2 Å². The van der Waals surface area contributed by atoms with E-state index in [9.17, 15) is 28.6 Å². The average molecular weight is 1100 g/mol. The van der Waals surface area contributed by atoms with Gasteiger partial charge in [-0.15, -0.1) is 21.5 Å². The summed E-state index contributed by atoms with van der Waals surface area (Å²) in [6, 6.07) is 19.0. The first-order valence-electron chi connectivity index (χ1n) is 27.3. The minimum Gasteiger partial charge on any atom is -0.507 e. The molecule has 0 spiro atoms. The number of aromatic nitrogens is 5. The normalized spacial score (nSPS) is 23.3. The van der Waals surface area contributed by atoms with Crippen LogP contribution >= 0.6 is 11.3 Å². The number of hydrogen-bond donors (Lipinski definition) is 4. The molecule has 22 heteroatoms. The number of piperazine rings is 1. The molecule has 11 rings (SSSR count). The van der Waals surface area contributed by atoms with E-state index in [4.69, 9.17) is 24.5 Å². The number of pyridine rings is 1. The minimum absolute atomic E-state index is 0.0320. The van der Waals surface area contributed by atoms with Crippen LogP contribution in [0.5, 0.6) is 17.5 Å². The summed E-state index contributed by atoms with van der Waals surface area (Å²) in [4.78, 5) is 46.1. The van der Waals surface area contributed by atoms with E-state index in [2.05, 4.69) is 57.5 Å². The molecule has 8 heterocycles. The molecule has 4 saturated heterocycles. The lowest BCUT2D eigenvalue weighted by Crippen LogP contribution is -2.54. The van der Waals surface area contributed by atoms with Crippen molar-refractivity contribution < 1.29 is 47.3 Å². The Labute approximate surface area is 461 Å². The molecule has 79 heavy (non-hydrogen) atoms. The number of aliphatic hydroxyl groups excluding tert-OH is 1. The van der Waals surface area contributed by atoms with Gasteiger partial charge < -0.3 is 54.7 Å². The van der Waals surface area contributed by atoms with Gasteiger partial charge in [-0.2, -0.15) is 0 Å². The number of nitrogens with zero attached hydrogens (tertiary/aromatic N) is 9. The van der Waals surface area contributed by atoms with Gasteiger partial charge in [0.15, 0.2) is 11.6 Å². The highest BCUT2D eigenvalue weighted by molar-refractivity contribution is 7.13. The number of phenolic OH excluding ortho intramolecular Hbond substituents is 1. The quantitative estimate of drug-likeness (QED) is 0.0619. The molecule has 6 aromatic rings. The second kappa shape index (κ2) is 23.4. The summed E-state index contributed by atoms with van der Waals surface area (Å²) in [6.07, 6.45) is 3.60. The fraction of sp³-hybridized carbons (Fsp3) is 0.491. The number of rotatable bonds is 19. The Morgan fingerprint density at radius 3 is 2.37 bits per heavy atom. The second-order valence-electron chi connectivity index (χ2n) is 21.8. The third kappa shape index (κ3) is 11.8. The van der Waals surface area contributed by atoms with Crippen molar-refractivity contribution in [2.45, 2.75) is 127 Å². The van der Waals surface area contributed by atoms with Crippen molar-refractivity contribution >= 4 is 40.3 Å². The first-order chi connectivity index (χ1) is 38.2. The Kier molecular flexibility index (Phi) is 16.0. The molecule has 5 fully saturated rings. The van der Waals surface area contributed by atoms with Gasteiger partial charge in [-0.3, -0.25) is 14.5 Å². The number of carbonyl (C=O) groups excluding carboxylic acids is 2. The number of ether oxygens (including phenoxy) is 3. The zero-order valence-corrected chi connectivity index (χ0v) is 45.3. The Morgan fingerprint density at radius 1 is 0.899 bits per heavy atom. The van der Waals surface area contributed by atoms with E-state index >= 15 is 0 Å². The number of aliphatic hydroxyl groups is 1. The Bertz CT molecular complexity index is 3070. The van der Waals surface area contributed by atoms with Crippen molar-refractivity contribution in [1.29, 1.82) is 0 Å². The first kappa shape index (κ1) is 54.0. The van der Waals surface area contributed by atoms with E-state index in [0.717, 1.165) is 92.2 Å². The number of piperidine rings is 1. The highest BCUT2D eigenvalue weighted by Crippen LogP contribution is 2.41. The summed E-state index contributed by atoms with van der Waals surface area (Å²) in [7, 11) is 0. The number of anilines is 3. The molecule has 1 unspecified atom stereocenters. The third-order valence-corrected chi connectivity index (χ3v) is 17.2. The van der Waals surface area contributed by atoms with Crippen LogP contribution < -0.4 is 30.3 Å². The fourth-order valence-electron chi connectivity index (χ4n) is 12.0. The number of fused-ring (bicyclic) bond motifs is 2. The van der Waals surface area contributed by atoms with E-state index in [0.29, 0.717) is 36.1 Å². The van der Waals surface area contributed by atoms with E-state index in [1.165, 1.54) is 16.2 Å². The number of aryl methyl sites for hydroxylation is 1. The highest BCUT2D eigenvalue weighted by Gasteiger charge is 2.45. The predicted octanol–water partition coefficient (Wildman–Crippen LogP) is 7.40. The van der Waals surface area contributed by atoms with Gasteiger partial charge in [-0.05, 0) is 79.1 Å². The number of likely N-dealkylation sites (tertiary alicyclic amines) is 2. The second-order valence-corrected chi connectivity index (χ2v) is 22.7. The largest absolute Gasteiger partial charge is 0.507 e. The maximum absolute atomic E-state index is 14.5. The number of amides is 2. The highest BCUT2D eigenvalue weighted by atomic mass is 32.1. The summed E-state index contributed by atoms with van der Waals surface area (Å²) in [6.45, 7) is 9.66. The SMILES string of the molecule is Cc1ncsc1-c1ccc([C@@H](NC(=O)[C@@H]2C[C@@H](O)CN2C(=O)[C@@H](c2cc(OCCN3CCC(OC4CC(Oc5cc(N6C7CC[C@@H]6CN(c6cc(-c8ccccc8O)nnc6N)C7)ccn5)C4)CC3)no2)C(C)C)C(F)F)cc1. The van der Waals surface area contributed by atoms with Crippen LogP contribution in [0.25, 0.3) is 21.7 Å². The van der Waals surface area contributed by atoms with Gasteiger partial charge >= 0.3 is 0 Å². The first-order valence-corrected chi connectivity index (χ1v) is 28.2. The van der Waals surface area contributed by atoms with E-state index < -0.39 is 42.3 Å². The van der Waals surface area contributed by atoms with Gasteiger partial charge in [0, 0.05) is 100 Å². The number of nitrogens with one attached hydrogen (secondary N) is 1. The molecule has 6 atom stereocenters. The number of para-hydroxylation sites is 1. The van der Waals surface area contributed by atoms with Crippen LogP contribution in [0.15, 0.2) is 89.0 Å². The molecule has 4 aliphatic heterocycles. The maximum atomic E-state index is 14.5. The molecular weight excluding hydrogens is 1040 g/mol. The number of nitrogens with two attached hydrogens (primary N) is 1. The number of hydrogen-bond acceptors (Lipinski definition) is 18. The Morgan fingerprint density at radius 2 is 1.66 bits per heavy atom. The van der Waals surface area contributed by atoms with Crippen molar-refractivity contribution in [1.82, 2.24) is 40.4 Å². The molecule has 1 aliphatic carbocycles. The topological polar surface area (TPSA) is 231 Å². The number of aromatic hydroxyl groups is 1. The van der Waals surface area contributed by atoms with Crippen LogP contribution in [0.3, 0.4) is 0 Å². The smallest absolute Gasteiger partial charge is 0.262 e. The van der Waals surface area contributed by atoms with Crippen molar-refractivity contribution in [3.05, 3.63) is 102 Å². The van der Waals surface area contributed by atoms with Crippen LogP contribution in [0.2, 0.25) is 0 Å². The van der Waals surface area contributed by atoms with Gasteiger partial charge in [0.2, 0.25) is 17.7 Å². The molecule has 0 radical (unpaired) electrons. The fourth-order valence-corrected chi connectivity index (χ4v) is 12.8. The average Bonchev–Trinajstić information content (AvgIpc) is 4.24. The number of halogens is 2. The summed E-state index contributed by atoms with van der Waals surface area (Å²) in [5.74, 6) is -0.830. The zero-order chi connectivity index (χ0) is 54.9. The lowest BCUT2D eigenvalue weighted by atomic mass is 9.91. The summed E-state index contributed by atoms with van der Waals surface area (Å²) < 4.78 is 53.6. The molecule has 5 aliphatic rings. The standard InChI is InChI=1S/C57H67F2N11O8S/c1-32(2)51(57(74)69-30-39(71)23-46(69)56(73)63-52(54(58)59)34-8-10-35(11-9-34)53-33(3)62-31-79-53)48-27-50(66-78-48)75-21-20-67-18-15-40(16-19-67)76-41-24-42(25-41)77-49-22-36(14-17-61-49)70-37-12-13-38(70)29-68(28-37)45-26-44(64-65-55(45)60)43-6-4-5-7-47(43)72/h4-11,14,17,22,26-27,31-32,37-42,46,51-52,54,71-72H,12-13,15-16,18-21,23-25,28-30H2,1-3H3,(H2,60,65)(H,63,73)/t37-,38?,39-,41?,42?,46+,51-,52-/m1/s1. The number of β-amino-alcohol motifs (C(OH)–C–C–N with tert-alkyl or cyclic N) is 1. The monoisotopic (exact) mass is 1100 g/mol. The molecule has 2 bridgehead atoms. The predicted molar refractivity (Wildman–Crippen MR) is 292 cm³/mol. The summed E-state index contributed by atoms with van der Waals surface area (Å²) in [5.41, 5.74) is 13.1. The van der Waals surface area contributed by atoms with Crippen molar-refractivity contribution in [2.75, 3.05) is 61.4 Å². The van der Waals surface area contributed by atoms with Crippen LogP contribution in [-0.4, -0.2) is 152 Å². The number of thiazole rings is 1. The number of benzene rings is 2. The Balaban J connectivity index is 0.608. The third-order valence-electron chi connectivity index (χ3n) is 16.2. The van der Waals surface area contributed by atoms with Crippen molar-refractivity contribution in [3.63, 3.8) is 0 Å². The van der Waals surface area contributed by atoms with Gasteiger partial charge in [-0.25, -0.2) is 18.7 Å². The van der Waals surface area contributed by atoms with E-state index in [1.807, 2.05) is 45.2 Å². The zero-order valence-electron chi connectivity index (χ0n) is 44.4. The van der Waals surface area contributed by atoms with Crippen LogP contribution in [0.4, 0.5) is 26.0 Å². The summed E-state index contributed by atoms with van der Waals surface area (Å²) in [5, 5.41) is 36.3. The minimum atomic E-state index is -2.93. The van der Waals surface area contributed by atoms with Gasteiger partial charge in [0.1, 0.15) is 36.5 Å². The van der Waals surface area contributed by atoms with Gasteiger partial charge in [0.25, 0.3) is 12.3 Å². The van der Waals surface area contributed by atoms with Crippen LogP contribution in [-0.2, 0) is 14.3 Å². The molecule has 5 N–H and O–H groups in total. The molecular formula is C57H67F2N11O8S. The lowest BCUT2D eigenvalue weighted by Gasteiger charge is -2.43. The van der Waals surface area contributed by atoms with Crippen LogP contribution in [0.1, 0.15) is 87.8 Å². The molecule has 2 amide bonds. The van der Waals surface area contributed by atoms with Gasteiger partial charge in [0.05, 0.1) is 45.8 Å². The molecule has 2 aromatic carbocycles. The van der Waals surface area contributed by atoms with E-state index in [1.54, 1.807) is 48.0 Å². The number of alkyl halides is 2. The van der Waals surface area contributed by atoms with Crippen LogP contribution in [0, 0.1) is 12.8 Å². The van der Waals surface area contributed by atoms with Gasteiger partial charge in [-0.1, -0.05) is 50.2 Å². The number of nitrogen functional groups attached to an aromatic ring is 1. The molecule has 418 valence electrons. The lowest BCUT2D eigenvalue weighted by molar-refractivity contribution is -0.141. The molecule has 4 aromatic heterocycles. The summed E-state index contributed by atoms with van der Waals surface area (Å²) >= 11 is 1.45. The maximum Gasteiger partial charge on any atom is 0.262 e. The molecule has 19 nitrogen and oxygen atoms in total. The Hall–Kier alpha value is -7.01. The van der Waals surface area contributed by atoms with E-state index in [-0.39, 0.29) is 72.2 Å².